The van der Waals surface area contributed by atoms with Gasteiger partial charge in [-0.25, -0.2) is 4.68 Å². The zero-order valence-electron chi connectivity index (χ0n) is 22.6. The minimum atomic E-state index is -0.509. The Bertz CT molecular complexity index is 1730. The molecule has 40 heavy (non-hydrogen) atoms. The molecule has 1 heterocycles. The largest absolute Gasteiger partial charge is 0.457 e. The van der Waals surface area contributed by atoms with Gasteiger partial charge >= 0.3 is 0 Å². The second kappa shape index (κ2) is 10.9. The molecular formula is C32H28N4O4. The lowest BCUT2D eigenvalue weighted by Crippen LogP contribution is -2.14. The van der Waals surface area contributed by atoms with Crippen LogP contribution in [0, 0.1) is 37.8 Å². The molecule has 5 rings (SSSR count). The zero-order chi connectivity index (χ0) is 28.4. The molecule has 0 aliphatic carbocycles. The van der Waals surface area contributed by atoms with Crippen LogP contribution in [0.4, 0.5) is 11.4 Å². The highest BCUT2D eigenvalue weighted by atomic mass is 16.6. The summed E-state index contributed by atoms with van der Waals surface area (Å²) in [5, 5.41) is 19.4. The average molecular weight is 533 g/mol. The first-order chi connectivity index (χ1) is 19.2. The number of anilines is 1. The monoisotopic (exact) mass is 532 g/mol. The molecule has 0 saturated heterocycles. The molecule has 5 aromatic rings. The highest BCUT2D eigenvalue weighted by molar-refractivity contribution is 6.09. The van der Waals surface area contributed by atoms with Crippen LogP contribution < -0.4 is 10.1 Å². The van der Waals surface area contributed by atoms with Gasteiger partial charge in [0.05, 0.1) is 33.6 Å². The van der Waals surface area contributed by atoms with Gasteiger partial charge in [0.25, 0.3) is 11.6 Å². The third-order valence-electron chi connectivity index (χ3n) is 6.74. The third-order valence-corrected chi connectivity index (χ3v) is 6.74. The van der Waals surface area contributed by atoms with Gasteiger partial charge < -0.3 is 10.1 Å². The van der Waals surface area contributed by atoms with Crippen LogP contribution in [0.5, 0.6) is 11.5 Å². The molecule has 4 aromatic carbocycles. The maximum Gasteiger partial charge on any atom is 0.275 e. The molecule has 0 atom stereocenters. The van der Waals surface area contributed by atoms with E-state index in [0.29, 0.717) is 22.7 Å². The SMILES string of the molecule is Cc1cc(C)c(C)c(Oc2cc(NC(=O)c3c(-c4ccccc4)nn(-c4ccccc4)c3C)cc([N+](=O)[O-])c2)c1. The summed E-state index contributed by atoms with van der Waals surface area (Å²) in [6.45, 7) is 7.70. The first-order valence-corrected chi connectivity index (χ1v) is 12.8. The molecular weight excluding hydrogens is 504 g/mol. The summed E-state index contributed by atoms with van der Waals surface area (Å²) in [4.78, 5) is 25.0. The number of amides is 1. The van der Waals surface area contributed by atoms with Crippen LogP contribution in [-0.2, 0) is 0 Å². The zero-order valence-corrected chi connectivity index (χ0v) is 22.6. The fourth-order valence-electron chi connectivity index (χ4n) is 4.64. The van der Waals surface area contributed by atoms with E-state index in [-0.39, 0.29) is 17.1 Å². The van der Waals surface area contributed by atoms with Gasteiger partial charge in [0.2, 0.25) is 0 Å². The normalized spacial score (nSPS) is 10.8. The van der Waals surface area contributed by atoms with E-state index < -0.39 is 10.8 Å². The molecule has 0 fully saturated rings. The summed E-state index contributed by atoms with van der Waals surface area (Å²) < 4.78 is 7.82. The molecule has 8 heteroatoms. The first kappa shape index (κ1) is 26.4. The molecule has 0 radical (unpaired) electrons. The van der Waals surface area contributed by atoms with Gasteiger partial charge in [-0.05, 0) is 62.6 Å². The Kier molecular flexibility index (Phi) is 7.16. The Hall–Kier alpha value is -5.24. The third kappa shape index (κ3) is 5.33. The number of carbonyl (C=O) groups excluding carboxylic acids is 1. The van der Waals surface area contributed by atoms with Crippen LogP contribution in [0.3, 0.4) is 0 Å². The Morgan fingerprint density at radius 1 is 0.900 bits per heavy atom. The fourth-order valence-corrected chi connectivity index (χ4v) is 4.64. The number of aromatic nitrogens is 2. The topological polar surface area (TPSA) is 99.3 Å². The average Bonchev–Trinajstić information content (AvgIpc) is 3.29. The van der Waals surface area contributed by atoms with Crippen molar-refractivity contribution < 1.29 is 14.5 Å². The van der Waals surface area contributed by atoms with E-state index in [1.165, 1.54) is 12.1 Å². The Morgan fingerprint density at radius 2 is 1.57 bits per heavy atom. The number of hydrogen-bond acceptors (Lipinski definition) is 5. The number of nitro benzene ring substituents is 1. The van der Waals surface area contributed by atoms with Crippen LogP contribution in [-0.4, -0.2) is 20.6 Å². The maximum atomic E-state index is 13.8. The van der Waals surface area contributed by atoms with Crippen LogP contribution in [0.2, 0.25) is 0 Å². The summed E-state index contributed by atoms with van der Waals surface area (Å²) in [5.74, 6) is 0.409. The quantitative estimate of drug-likeness (QED) is 0.171. The van der Waals surface area contributed by atoms with Crippen molar-refractivity contribution in [3.63, 3.8) is 0 Å². The van der Waals surface area contributed by atoms with Gasteiger partial charge in [-0.2, -0.15) is 5.10 Å². The molecule has 0 bridgehead atoms. The molecule has 1 N–H and O–H groups in total. The van der Waals surface area contributed by atoms with Crippen molar-refractivity contribution in [2.45, 2.75) is 27.7 Å². The predicted octanol–water partition coefficient (Wildman–Crippen LogP) is 7.73. The smallest absolute Gasteiger partial charge is 0.275 e. The van der Waals surface area contributed by atoms with Crippen molar-refractivity contribution >= 4 is 17.3 Å². The number of nitro groups is 1. The highest BCUT2D eigenvalue weighted by Crippen LogP contribution is 2.34. The molecule has 0 spiro atoms. The Morgan fingerprint density at radius 3 is 2.25 bits per heavy atom. The van der Waals surface area contributed by atoms with Crippen LogP contribution in [0.1, 0.15) is 32.7 Å². The van der Waals surface area contributed by atoms with E-state index >= 15 is 0 Å². The van der Waals surface area contributed by atoms with Crippen LogP contribution >= 0.6 is 0 Å². The summed E-state index contributed by atoms with van der Waals surface area (Å²) in [5.41, 5.74) is 6.13. The lowest BCUT2D eigenvalue weighted by molar-refractivity contribution is -0.384. The number of hydrogen-bond donors (Lipinski definition) is 1. The molecule has 0 aliphatic rings. The number of non-ortho nitro benzene ring substituents is 1. The fraction of sp³-hybridized carbons (Fsp3) is 0.125. The molecule has 0 unspecified atom stereocenters. The summed E-state index contributed by atoms with van der Waals surface area (Å²) in [6, 6.07) is 27.2. The lowest BCUT2D eigenvalue weighted by atomic mass is 10.1. The van der Waals surface area contributed by atoms with Crippen molar-refractivity contribution in [1.29, 1.82) is 0 Å². The van der Waals surface area contributed by atoms with Crippen molar-refractivity contribution in [3.8, 4) is 28.4 Å². The van der Waals surface area contributed by atoms with Gasteiger partial charge in [-0.3, -0.25) is 14.9 Å². The van der Waals surface area contributed by atoms with Crippen LogP contribution in [0.15, 0.2) is 91.0 Å². The molecule has 8 nitrogen and oxygen atoms in total. The predicted molar refractivity (Wildman–Crippen MR) is 156 cm³/mol. The number of para-hydroxylation sites is 1. The number of carbonyl (C=O) groups is 1. The molecule has 0 aliphatic heterocycles. The maximum absolute atomic E-state index is 13.8. The van der Waals surface area contributed by atoms with Crippen molar-refractivity contribution in [2.24, 2.45) is 0 Å². The molecule has 1 aromatic heterocycles. The van der Waals surface area contributed by atoms with Crippen molar-refractivity contribution in [2.75, 3.05) is 5.32 Å². The summed E-state index contributed by atoms with van der Waals surface area (Å²) >= 11 is 0. The molecule has 0 saturated carbocycles. The van der Waals surface area contributed by atoms with E-state index in [4.69, 9.17) is 9.84 Å². The number of nitrogens with one attached hydrogen (secondary N) is 1. The standard InChI is InChI=1S/C32H28N4O4/c1-20-15-21(2)22(3)29(16-20)40-28-18-25(17-27(19-28)36(38)39)33-32(37)30-23(4)35(26-13-9-6-10-14-26)34-31(30)24-11-7-5-8-12-24/h5-19H,1-4H3,(H,33,37). The summed E-state index contributed by atoms with van der Waals surface area (Å²) in [6.07, 6.45) is 0. The van der Waals surface area contributed by atoms with Crippen LogP contribution in [0.25, 0.3) is 16.9 Å². The minimum absolute atomic E-state index is 0.199. The van der Waals surface area contributed by atoms with E-state index in [1.54, 1.807) is 10.7 Å². The van der Waals surface area contributed by atoms with Crippen molar-refractivity contribution in [3.05, 3.63) is 129 Å². The molecule has 1 amide bonds. The lowest BCUT2D eigenvalue weighted by Gasteiger charge is -2.13. The second-order valence-corrected chi connectivity index (χ2v) is 9.66. The summed E-state index contributed by atoms with van der Waals surface area (Å²) in [7, 11) is 0. The van der Waals surface area contributed by atoms with Gasteiger partial charge in [-0.1, -0.05) is 54.6 Å². The van der Waals surface area contributed by atoms with Crippen molar-refractivity contribution in [1.82, 2.24) is 9.78 Å². The van der Waals surface area contributed by atoms with Gasteiger partial charge in [0.1, 0.15) is 17.2 Å². The van der Waals surface area contributed by atoms with E-state index in [1.807, 2.05) is 100 Å². The second-order valence-electron chi connectivity index (χ2n) is 9.66. The number of nitrogens with zero attached hydrogens (tertiary/aromatic N) is 3. The first-order valence-electron chi connectivity index (χ1n) is 12.8. The number of rotatable bonds is 7. The minimum Gasteiger partial charge on any atom is -0.457 e. The Balaban J connectivity index is 1.55. The van der Waals surface area contributed by atoms with E-state index in [9.17, 15) is 14.9 Å². The van der Waals surface area contributed by atoms with Gasteiger partial charge in [-0.15, -0.1) is 0 Å². The molecule has 200 valence electrons. The van der Waals surface area contributed by atoms with Gasteiger partial charge in [0.15, 0.2) is 0 Å². The number of benzene rings is 4. The highest BCUT2D eigenvalue weighted by Gasteiger charge is 2.24. The van der Waals surface area contributed by atoms with E-state index in [0.717, 1.165) is 27.9 Å². The van der Waals surface area contributed by atoms with Gasteiger partial charge in [0, 0.05) is 17.7 Å². The number of ether oxygens (including phenoxy) is 1. The number of aryl methyl sites for hydroxylation is 2. The Labute approximate surface area is 232 Å². The van der Waals surface area contributed by atoms with E-state index in [2.05, 4.69) is 5.32 Å².